The Kier molecular flexibility index (Phi) is 5.43. The van der Waals surface area contributed by atoms with Crippen LogP contribution in [0.15, 0.2) is 16.6 Å². The molecule has 1 heterocycles. The van der Waals surface area contributed by atoms with Gasteiger partial charge in [0.15, 0.2) is 0 Å². The lowest BCUT2D eigenvalue weighted by Gasteiger charge is -2.42. The summed E-state index contributed by atoms with van der Waals surface area (Å²) < 4.78 is 45.8. The summed E-state index contributed by atoms with van der Waals surface area (Å²) in [6.07, 6.45) is 1.92. The van der Waals surface area contributed by atoms with Gasteiger partial charge >= 0.3 is 13.3 Å². The molecule has 3 rings (SSSR count). The molecular formula is C17H19BrF2NO5PS. The summed E-state index contributed by atoms with van der Waals surface area (Å²) in [4.78, 5) is 29.0. The van der Waals surface area contributed by atoms with Gasteiger partial charge in [-0.2, -0.15) is 8.78 Å². The van der Waals surface area contributed by atoms with Gasteiger partial charge < -0.3 is 20.3 Å². The maximum atomic E-state index is 14.3. The molecule has 1 aromatic carbocycles. The Morgan fingerprint density at radius 1 is 1.43 bits per heavy atom. The molecule has 154 valence electrons. The number of carbonyl (C=O) groups excluding carboxylic acids is 1. The Morgan fingerprint density at radius 3 is 2.54 bits per heavy atom. The van der Waals surface area contributed by atoms with Crippen LogP contribution >= 0.6 is 34.9 Å². The molecule has 1 saturated carbocycles. The van der Waals surface area contributed by atoms with Crippen molar-refractivity contribution < 1.29 is 32.7 Å². The molecule has 6 nitrogen and oxygen atoms in total. The molecule has 1 fully saturated rings. The van der Waals surface area contributed by atoms with E-state index in [1.165, 1.54) is 12.1 Å². The topological polar surface area (TPSA) is 110 Å². The number of alkyl halides is 2. The van der Waals surface area contributed by atoms with Gasteiger partial charge in [-0.05, 0) is 52.2 Å². The zero-order valence-corrected chi connectivity index (χ0v) is 18.3. The number of ether oxygens (including phenoxy) is 1. The lowest BCUT2D eigenvalue weighted by molar-refractivity contribution is 0.0557. The number of fused-ring (bicyclic) bond motifs is 1. The molecule has 1 aliphatic rings. The fourth-order valence-corrected chi connectivity index (χ4v) is 6.52. The summed E-state index contributed by atoms with van der Waals surface area (Å²) in [5, 5.41) is 0.188. The molecule has 28 heavy (non-hydrogen) atoms. The Balaban J connectivity index is 2.06. The van der Waals surface area contributed by atoms with Crippen LogP contribution in [0.25, 0.3) is 10.1 Å². The highest BCUT2D eigenvalue weighted by molar-refractivity contribution is 9.10. The quantitative estimate of drug-likeness (QED) is 0.496. The molecule has 1 amide bonds. The van der Waals surface area contributed by atoms with Crippen molar-refractivity contribution in [3.63, 3.8) is 0 Å². The van der Waals surface area contributed by atoms with Gasteiger partial charge in [0.25, 0.3) is 0 Å². The second-order valence-corrected chi connectivity index (χ2v) is 11.3. The van der Waals surface area contributed by atoms with Crippen LogP contribution < -0.4 is 10.5 Å². The summed E-state index contributed by atoms with van der Waals surface area (Å²) in [5.41, 5.74) is 1.25. The lowest BCUT2D eigenvalue weighted by Crippen LogP contribution is -2.35. The van der Waals surface area contributed by atoms with Crippen molar-refractivity contribution in [3.05, 3.63) is 27.0 Å². The Morgan fingerprint density at radius 2 is 2.04 bits per heavy atom. The van der Waals surface area contributed by atoms with E-state index in [4.69, 9.17) is 20.3 Å². The number of thiophene rings is 1. The number of hydrogen-bond acceptors (Lipinski definition) is 4. The van der Waals surface area contributed by atoms with Crippen molar-refractivity contribution in [3.8, 4) is 5.75 Å². The predicted octanol–water partition coefficient (Wildman–Crippen LogP) is 4.80. The van der Waals surface area contributed by atoms with Crippen LogP contribution in [0.1, 0.15) is 41.9 Å². The fraction of sp³-hybridized carbons (Fsp3) is 0.471. The van der Waals surface area contributed by atoms with E-state index in [9.17, 15) is 18.1 Å². The Labute approximate surface area is 172 Å². The monoisotopic (exact) mass is 497 g/mol. The maximum Gasteiger partial charge on any atom is 0.400 e. The number of primary amides is 1. The molecule has 2 aromatic rings. The molecule has 1 aromatic heterocycles. The van der Waals surface area contributed by atoms with Gasteiger partial charge in [0.2, 0.25) is 5.91 Å². The van der Waals surface area contributed by atoms with Crippen molar-refractivity contribution in [2.24, 2.45) is 17.1 Å². The molecule has 4 N–H and O–H groups in total. The normalized spacial score (nSPS) is 17.5. The van der Waals surface area contributed by atoms with E-state index in [0.717, 1.165) is 12.8 Å². The summed E-state index contributed by atoms with van der Waals surface area (Å²) >= 11 is 3.51. The third kappa shape index (κ3) is 3.85. The first kappa shape index (κ1) is 21.6. The second kappa shape index (κ2) is 7.02. The average Bonchev–Trinajstić information content (AvgIpc) is 2.87. The highest BCUT2D eigenvalue weighted by Crippen LogP contribution is 2.63. The number of rotatable bonds is 6. The highest BCUT2D eigenvalue weighted by Gasteiger charge is 2.53. The molecular weight excluding hydrogens is 479 g/mol. The largest absolute Gasteiger partial charge is 0.492 e. The number of nitrogens with two attached hydrogens (primary N) is 1. The fourth-order valence-electron chi connectivity index (χ4n) is 3.54. The standard InChI is InChI=1S/C17H19BrF2NO5PS/c1-16(2)5-8(6-16)7-26-11-4-9(15(21)22)3-10-12(18)14(28-13(10)11)17(19,20)27(23,24)25/h3-4,8H,5-7H2,1-2H3,(H2,21,22)(H2,23,24,25). The van der Waals surface area contributed by atoms with Gasteiger partial charge in [-0.25, -0.2) is 0 Å². The number of benzene rings is 1. The van der Waals surface area contributed by atoms with Gasteiger partial charge in [0.05, 0.1) is 11.3 Å². The van der Waals surface area contributed by atoms with Gasteiger partial charge in [0.1, 0.15) is 10.6 Å². The minimum Gasteiger partial charge on any atom is -0.492 e. The molecule has 0 atom stereocenters. The molecule has 11 heteroatoms. The van der Waals surface area contributed by atoms with Gasteiger partial charge in [-0.15, -0.1) is 11.3 Å². The molecule has 1 aliphatic carbocycles. The number of amides is 1. The van der Waals surface area contributed by atoms with E-state index >= 15 is 0 Å². The maximum absolute atomic E-state index is 14.3. The lowest BCUT2D eigenvalue weighted by atomic mass is 9.65. The first-order chi connectivity index (χ1) is 12.7. The predicted molar refractivity (Wildman–Crippen MR) is 106 cm³/mol. The van der Waals surface area contributed by atoms with Crippen LogP contribution in [0.5, 0.6) is 5.75 Å². The summed E-state index contributed by atoms with van der Waals surface area (Å²) in [6, 6.07) is 2.67. The number of halogens is 3. The SMILES string of the molecule is CC1(C)CC(COc2cc(C(N)=O)cc3c(Br)c(C(F)(F)P(=O)(O)O)sc23)C1. The summed E-state index contributed by atoms with van der Waals surface area (Å²) in [5.74, 6) is -0.269. The van der Waals surface area contributed by atoms with Crippen molar-refractivity contribution >= 4 is 50.9 Å². The molecule has 0 unspecified atom stereocenters. The van der Waals surface area contributed by atoms with E-state index in [-0.39, 0.29) is 31.3 Å². The van der Waals surface area contributed by atoms with E-state index in [2.05, 4.69) is 29.8 Å². The van der Waals surface area contributed by atoms with Crippen LogP contribution in [0.4, 0.5) is 8.78 Å². The third-order valence-corrected chi connectivity index (χ3v) is 8.26. The minimum atomic E-state index is -5.75. The van der Waals surface area contributed by atoms with E-state index in [1.54, 1.807) is 0 Å². The van der Waals surface area contributed by atoms with Crippen LogP contribution in [0.3, 0.4) is 0 Å². The van der Waals surface area contributed by atoms with E-state index < -0.39 is 24.0 Å². The Hall–Kier alpha value is -1.06. The number of carbonyl (C=O) groups is 1. The zero-order valence-electron chi connectivity index (χ0n) is 15.0. The summed E-state index contributed by atoms with van der Waals surface area (Å²) in [7, 11) is -5.75. The van der Waals surface area contributed by atoms with Crippen LogP contribution in [-0.4, -0.2) is 22.3 Å². The van der Waals surface area contributed by atoms with Crippen molar-refractivity contribution in [2.75, 3.05) is 6.61 Å². The molecule has 0 radical (unpaired) electrons. The zero-order chi connectivity index (χ0) is 21.1. The Bertz CT molecular complexity index is 995. The summed E-state index contributed by atoms with van der Waals surface area (Å²) in [6.45, 7) is 4.63. The van der Waals surface area contributed by atoms with Crippen LogP contribution in [0, 0.1) is 11.3 Å². The van der Waals surface area contributed by atoms with E-state index in [0.29, 0.717) is 23.9 Å². The average molecular weight is 498 g/mol. The first-order valence-electron chi connectivity index (χ1n) is 8.35. The van der Waals surface area contributed by atoms with Crippen LogP contribution in [-0.2, 0) is 10.2 Å². The number of hydrogen-bond donors (Lipinski definition) is 3. The molecule has 0 bridgehead atoms. The highest BCUT2D eigenvalue weighted by atomic mass is 79.9. The molecule has 0 saturated heterocycles. The van der Waals surface area contributed by atoms with Gasteiger partial charge in [-0.3, -0.25) is 9.36 Å². The smallest absolute Gasteiger partial charge is 0.400 e. The van der Waals surface area contributed by atoms with Gasteiger partial charge in [-0.1, -0.05) is 13.8 Å². The first-order valence-corrected chi connectivity index (χ1v) is 11.6. The second-order valence-electron chi connectivity index (χ2n) is 7.80. The molecule has 0 spiro atoms. The van der Waals surface area contributed by atoms with Crippen molar-refractivity contribution in [1.29, 1.82) is 0 Å². The van der Waals surface area contributed by atoms with Crippen molar-refractivity contribution in [1.82, 2.24) is 0 Å². The minimum absolute atomic E-state index is 0.0565. The van der Waals surface area contributed by atoms with Crippen molar-refractivity contribution in [2.45, 2.75) is 32.4 Å². The molecule has 0 aliphatic heterocycles. The third-order valence-electron chi connectivity index (χ3n) is 4.78. The van der Waals surface area contributed by atoms with Gasteiger partial charge in [0, 0.05) is 15.4 Å². The van der Waals surface area contributed by atoms with E-state index in [1.807, 2.05) is 0 Å². The van der Waals surface area contributed by atoms with Crippen LogP contribution in [0.2, 0.25) is 0 Å².